The first kappa shape index (κ1) is 54.6. The van der Waals surface area contributed by atoms with Crippen LogP contribution < -0.4 is 0 Å². The van der Waals surface area contributed by atoms with Crippen molar-refractivity contribution < 1.29 is 28.6 Å². The van der Waals surface area contributed by atoms with E-state index in [2.05, 4.69) is 81.5 Å². The maximum Gasteiger partial charge on any atom is 0.306 e. The highest BCUT2D eigenvalue weighted by Crippen LogP contribution is 2.11. The molecule has 1 atom stereocenters. The summed E-state index contributed by atoms with van der Waals surface area (Å²) in [6.07, 6.45) is 64.3. The summed E-state index contributed by atoms with van der Waals surface area (Å²) in [4.78, 5) is 37.7. The summed E-state index contributed by atoms with van der Waals surface area (Å²) in [5.74, 6) is -1.04. The average molecular weight is 813 g/mol. The third-order valence-electron chi connectivity index (χ3n) is 8.86. The average Bonchev–Trinajstić information content (AvgIpc) is 3.23. The van der Waals surface area contributed by atoms with Gasteiger partial charge in [-0.15, -0.1) is 0 Å². The van der Waals surface area contributed by atoms with E-state index in [4.69, 9.17) is 14.2 Å². The molecule has 328 valence electrons. The van der Waals surface area contributed by atoms with Crippen LogP contribution in [0.25, 0.3) is 0 Å². The Morgan fingerprint density at radius 3 is 1.02 bits per heavy atom. The monoisotopic (exact) mass is 813 g/mol. The van der Waals surface area contributed by atoms with Gasteiger partial charge in [0.05, 0.1) is 0 Å². The van der Waals surface area contributed by atoms with Crippen LogP contribution in [0.4, 0.5) is 0 Å². The van der Waals surface area contributed by atoms with E-state index in [9.17, 15) is 14.4 Å². The number of rotatable bonds is 38. The second-order valence-corrected chi connectivity index (χ2v) is 14.5. The summed E-state index contributed by atoms with van der Waals surface area (Å²) in [5.41, 5.74) is 0. The molecular weight excluding hydrogens is 733 g/mol. The number of ether oxygens (including phenoxy) is 3. The second kappa shape index (κ2) is 46.2. The molecule has 6 nitrogen and oxygen atoms in total. The molecule has 0 aliphatic heterocycles. The number of hydrogen-bond acceptors (Lipinski definition) is 6. The van der Waals surface area contributed by atoms with Gasteiger partial charge in [-0.05, 0) is 77.0 Å². The quantitative estimate of drug-likeness (QED) is 0.0267. The number of unbranched alkanes of at least 4 members (excludes halogenated alkanes) is 13. The zero-order chi connectivity index (χ0) is 43.0. The van der Waals surface area contributed by atoms with E-state index in [0.29, 0.717) is 19.3 Å². The van der Waals surface area contributed by atoms with E-state index in [1.54, 1.807) is 0 Å². The molecule has 0 aromatic rings. The lowest BCUT2D eigenvalue weighted by Crippen LogP contribution is -2.30. The van der Waals surface area contributed by atoms with Crippen molar-refractivity contribution in [1.82, 2.24) is 0 Å². The molecular formula is C53H80O6. The first-order valence-electron chi connectivity index (χ1n) is 22.8. The molecule has 0 amide bonds. The number of carbonyl (C=O) groups is 3. The summed E-state index contributed by atoms with van der Waals surface area (Å²) in [6.45, 7) is 6.25. The second-order valence-electron chi connectivity index (χ2n) is 14.5. The third kappa shape index (κ3) is 44.5. The number of carbonyl (C=O) groups excluding carboxylic acids is 3. The first-order valence-corrected chi connectivity index (χ1v) is 22.8. The van der Waals surface area contributed by atoms with Gasteiger partial charge in [-0.3, -0.25) is 14.4 Å². The Morgan fingerprint density at radius 1 is 0.356 bits per heavy atom. The van der Waals surface area contributed by atoms with Gasteiger partial charge in [0, 0.05) is 19.3 Å². The van der Waals surface area contributed by atoms with Crippen LogP contribution >= 0.6 is 0 Å². The molecule has 0 aromatic carbocycles. The lowest BCUT2D eigenvalue weighted by Gasteiger charge is -2.18. The van der Waals surface area contributed by atoms with Crippen molar-refractivity contribution in [3.63, 3.8) is 0 Å². The van der Waals surface area contributed by atoms with E-state index >= 15 is 0 Å². The molecule has 0 saturated carbocycles. The normalized spacial score (nSPS) is 13.3. The maximum atomic E-state index is 12.7. The molecule has 0 aliphatic carbocycles. The largest absolute Gasteiger partial charge is 0.462 e. The standard InChI is InChI=1S/C53H80O6/c1-4-7-10-13-16-19-22-23-24-25-26-27-28-29-32-34-37-40-43-46-52(55)58-49-50(59-53(56)47-44-41-38-35-31-21-18-15-12-9-6-3)48-57-51(54)45-42-39-36-33-30-20-17-14-11-8-5-2/h7,10,13-32,50H,4-6,8-9,11-12,33-49H2,1-3H3/b10-7-,16-13-,17-14-,18-15-,22-19-,24-23-,26-25+,28-27-,30-20-,31-21-,32-29-. The Balaban J connectivity index is 4.57. The van der Waals surface area contributed by atoms with E-state index in [-0.39, 0.29) is 44.0 Å². The van der Waals surface area contributed by atoms with Crippen LogP contribution in [0.5, 0.6) is 0 Å². The lowest BCUT2D eigenvalue weighted by molar-refractivity contribution is -0.167. The molecule has 0 fully saturated rings. The fraction of sp³-hybridized carbons (Fsp3) is 0.528. The third-order valence-corrected chi connectivity index (χ3v) is 8.86. The first-order chi connectivity index (χ1) is 29.0. The molecule has 0 spiro atoms. The molecule has 0 rings (SSSR count). The number of esters is 3. The van der Waals surface area contributed by atoms with Crippen LogP contribution in [0.2, 0.25) is 0 Å². The minimum Gasteiger partial charge on any atom is -0.462 e. The molecule has 59 heavy (non-hydrogen) atoms. The molecule has 0 aromatic heterocycles. The van der Waals surface area contributed by atoms with Crippen molar-refractivity contribution in [3.05, 3.63) is 134 Å². The molecule has 0 aliphatic rings. The topological polar surface area (TPSA) is 78.9 Å². The van der Waals surface area contributed by atoms with Crippen molar-refractivity contribution in [2.75, 3.05) is 13.2 Å². The Morgan fingerprint density at radius 2 is 0.661 bits per heavy atom. The summed E-state index contributed by atoms with van der Waals surface area (Å²) in [6, 6.07) is 0. The fourth-order valence-electron chi connectivity index (χ4n) is 5.38. The van der Waals surface area contributed by atoms with Gasteiger partial charge in [0.2, 0.25) is 0 Å². The van der Waals surface area contributed by atoms with Crippen LogP contribution in [-0.4, -0.2) is 37.2 Å². The molecule has 0 heterocycles. The Bertz CT molecular complexity index is 1350. The summed E-state index contributed by atoms with van der Waals surface area (Å²) < 4.78 is 16.6. The van der Waals surface area contributed by atoms with E-state index in [1.807, 2.05) is 72.9 Å². The fourth-order valence-corrected chi connectivity index (χ4v) is 5.38. The highest BCUT2D eigenvalue weighted by Gasteiger charge is 2.19. The van der Waals surface area contributed by atoms with Gasteiger partial charge in [0.1, 0.15) is 13.2 Å². The van der Waals surface area contributed by atoms with Gasteiger partial charge < -0.3 is 14.2 Å². The summed E-state index contributed by atoms with van der Waals surface area (Å²) in [5, 5.41) is 0. The van der Waals surface area contributed by atoms with Gasteiger partial charge >= 0.3 is 17.9 Å². The minimum absolute atomic E-state index is 0.124. The van der Waals surface area contributed by atoms with E-state index < -0.39 is 6.10 Å². The van der Waals surface area contributed by atoms with Gasteiger partial charge in [-0.1, -0.05) is 199 Å². The molecule has 6 heteroatoms. The van der Waals surface area contributed by atoms with Crippen molar-refractivity contribution in [2.45, 2.75) is 168 Å². The molecule has 0 radical (unpaired) electrons. The Kier molecular flexibility index (Phi) is 42.8. The SMILES string of the molecule is CC\C=C/C=C\C=C/C=C\C=C\C=C/C=C\CCCCCC(=O)OCC(COC(=O)CCCCC/C=C\C=C/CCCC)OC(=O)CCCCC/C=C\C=C/CCCC. The number of allylic oxidation sites excluding steroid dienone is 22. The molecule has 1 unspecified atom stereocenters. The van der Waals surface area contributed by atoms with Crippen molar-refractivity contribution >= 4 is 17.9 Å². The summed E-state index contributed by atoms with van der Waals surface area (Å²) in [7, 11) is 0. The Labute approximate surface area is 360 Å². The molecule has 0 N–H and O–H groups in total. The van der Waals surface area contributed by atoms with Gasteiger partial charge in [-0.2, -0.15) is 0 Å². The van der Waals surface area contributed by atoms with Crippen LogP contribution in [0, 0.1) is 0 Å². The van der Waals surface area contributed by atoms with Crippen LogP contribution in [0.1, 0.15) is 162 Å². The molecule has 0 saturated heterocycles. The number of hydrogen-bond donors (Lipinski definition) is 0. The zero-order valence-corrected chi connectivity index (χ0v) is 37.2. The highest BCUT2D eigenvalue weighted by atomic mass is 16.6. The van der Waals surface area contributed by atoms with Crippen molar-refractivity contribution in [1.29, 1.82) is 0 Å². The predicted molar refractivity (Wildman–Crippen MR) is 251 cm³/mol. The van der Waals surface area contributed by atoms with Crippen molar-refractivity contribution in [3.8, 4) is 0 Å². The smallest absolute Gasteiger partial charge is 0.306 e. The van der Waals surface area contributed by atoms with Crippen LogP contribution in [0.15, 0.2) is 134 Å². The Hall–Kier alpha value is -4.45. The minimum atomic E-state index is -0.824. The summed E-state index contributed by atoms with van der Waals surface area (Å²) >= 11 is 0. The van der Waals surface area contributed by atoms with Gasteiger partial charge in [0.15, 0.2) is 6.10 Å². The predicted octanol–water partition coefficient (Wildman–Crippen LogP) is 14.7. The van der Waals surface area contributed by atoms with Gasteiger partial charge in [-0.25, -0.2) is 0 Å². The van der Waals surface area contributed by atoms with Gasteiger partial charge in [0.25, 0.3) is 0 Å². The van der Waals surface area contributed by atoms with Crippen molar-refractivity contribution in [2.24, 2.45) is 0 Å². The maximum absolute atomic E-state index is 12.7. The molecule has 0 bridgehead atoms. The zero-order valence-electron chi connectivity index (χ0n) is 37.2. The van der Waals surface area contributed by atoms with Crippen LogP contribution in [-0.2, 0) is 28.6 Å². The van der Waals surface area contributed by atoms with E-state index in [1.165, 1.54) is 25.7 Å². The van der Waals surface area contributed by atoms with E-state index in [0.717, 1.165) is 83.5 Å². The highest BCUT2D eigenvalue weighted by molar-refractivity contribution is 5.71. The van der Waals surface area contributed by atoms with Crippen LogP contribution in [0.3, 0.4) is 0 Å². The lowest BCUT2D eigenvalue weighted by atomic mass is 10.1.